The van der Waals surface area contributed by atoms with Crippen molar-refractivity contribution in [3.05, 3.63) is 30.3 Å². The standard InChI is InChI=1S/C7H6S3.K/c8-7(9)10-6-4-2-1-3-5-6;/h1-5H,(H,8,9);/q;+1/p-1. The van der Waals surface area contributed by atoms with Crippen LogP contribution in [0.2, 0.25) is 0 Å². The molecule has 0 radical (unpaired) electrons. The summed E-state index contributed by atoms with van der Waals surface area (Å²) >= 11 is 11.0. The third-order valence-corrected chi connectivity index (χ3v) is 2.12. The third kappa shape index (κ3) is 5.71. The van der Waals surface area contributed by atoms with E-state index in [0.29, 0.717) is 3.53 Å². The molecule has 1 aromatic rings. The van der Waals surface area contributed by atoms with Crippen molar-refractivity contribution in [3.63, 3.8) is 0 Å². The average Bonchev–Trinajstić information content (AvgIpc) is 1.88. The van der Waals surface area contributed by atoms with Gasteiger partial charge >= 0.3 is 51.4 Å². The molecule has 1 rings (SSSR count). The Bertz CT molecular complexity index is 222. The van der Waals surface area contributed by atoms with Gasteiger partial charge in [0.15, 0.2) is 0 Å². The summed E-state index contributed by atoms with van der Waals surface area (Å²) in [5, 5.41) is 0. The normalized spacial score (nSPS) is 8.36. The molecule has 0 fully saturated rings. The van der Waals surface area contributed by atoms with Crippen LogP contribution in [0.3, 0.4) is 0 Å². The van der Waals surface area contributed by atoms with Crippen LogP contribution in [0.5, 0.6) is 0 Å². The van der Waals surface area contributed by atoms with Crippen molar-refractivity contribution in [2.75, 3.05) is 0 Å². The Hall–Kier alpha value is 1.52. The van der Waals surface area contributed by atoms with Gasteiger partial charge in [-0.05, 0) is 12.1 Å². The number of benzene rings is 1. The molecule has 0 bridgehead atoms. The number of rotatable bonds is 1. The summed E-state index contributed by atoms with van der Waals surface area (Å²) < 4.78 is 0.547. The van der Waals surface area contributed by atoms with E-state index in [1.54, 1.807) is 0 Å². The first kappa shape index (κ1) is 12.5. The first-order chi connectivity index (χ1) is 4.79. The predicted octanol–water partition coefficient (Wildman–Crippen LogP) is -0.386. The first-order valence-corrected chi connectivity index (χ1v) is 4.36. The number of hydrogen-bond donors (Lipinski definition) is 0. The molecule has 0 heterocycles. The van der Waals surface area contributed by atoms with Gasteiger partial charge in [-0.1, -0.05) is 21.7 Å². The SMILES string of the molecule is S=C([S-])Sc1ccccc1.[K+]. The summed E-state index contributed by atoms with van der Waals surface area (Å²) in [6.07, 6.45) is 0. The maximum atomic E-state index is 4.76. The zero-order chi connectivity index (χ0) is 7.40. The zero-order valence-corrected chi connectivity index (χ0v) is 11.7. The summed E-state index contributed by atoms with van der Waals surface area (Å²) in [4.78, 5) is 1.11. The van der Waals surface area contributed by atoms with Gasteiger partial charge in [-0.2, -0.15) is 0 Å². The number of hydrogen-bond acceptors (Lipinski definition) is 3. The summed E-state index contributed by atoms with van der Waals surface area (Å²) in [6.45, 7) is 0. The second-order valence-corrected chi connectivity index (χ2v) is 4.34. The Kier molecular flexibility index (Phi) is 7.93. The Morgan fingerprint density at radius 1 is 1.27 bits per heavy atom. The van der Waals surface area contributed by atoms with Crippen LogP contribution in [0, 0.1) is 0 Å². The first-order valence-electron chi connectivity index (χ1n) is 2.73. The predicted molar refractivity (Wildman–Crippen MR) is 52.3 cm³/mol. The number of thiocarbonyl (C=S) groups is 1. The molecule has 0 saturated carbocycles. The van der Waals surface area contributed by atoms with Gasteiger partial charge in [0.05, 0.1) is 0 Å². The molecular formula is C7H5KS3. The second-order valence-electron chi connectivity index (χ2n) is 1.67. The van der Waals surface area contributed by atoms with Crippen LogP contribution < -0.4 is 51.4 Å². The maximum Gasteiger partial charge on any atom is 1.00 e. The zero-order valence-electron chi connectivity index (χ0n) is 6.11. The molecule has 52 valence electrons. The molecule has 0 N–H and O–H groups in total. The van der Waals surface area contributed by atoms with Crippen LogP contribution in [-0.4, -0.2) is 3.53 Å². The molecule has 0 nitrogen and oxygen atoms in total. The fraction of sp³-hybridized carbons (Fsp3) is 0. The van der Waals surface area contributed by atoms with Crippen LogP contribution >= 0.6 is 24.0 Å². The van der Waals surface area contributed by atoms with Gasteiger partial charge in [0.25, 0.3) is 0 Å². The van der Waals surface area contributed by atoms with Crippen LogP contribution in [0.4, 0.5) is 0 Å². The van der Waals surface area contributed by atoms with E-state index in [-0.39, 0.29) is 51.4 Å². The molecule has 1 aromatic carbocycles. The van der Waals surface area contributed by atoms with Gasteiger partial charge < -0.3 is 24.8 Å². The van der Waals surface area contributed by atoms with E-state index in [4.69, 9.17) is 24.8 Å². The molecule has 0 unspecified atom stereocenters. The van der Waals surface area contributed by atoms with E-state index in [2.05, 4.69) is 0 Å². The van der Waals surface area contributed by atoms with Crippen molar-refractivity contribution in [2.45, 2.75) is 4.90 Å². The second kappa shape index (κ2) is 6.97. The topological polar surface area (TPSA) is 0 Å². The van der Waals surface area contributed by atoms with Gasteiger partial charge in [-0.3, -0.25) is 0 Å². The minimum atomic E-state index is 0. The molecule has 0 spiro atoms. The number of thioether (sulfide) groups is 1. The monoisotopic (exact) mass is 224 g/mol. The van der Waals surface area contributed by atoms with E-state index in [1.165, 1.54) is 11.8 Å². The molecule has 0 saturated heterocycles. The van der Waals surface area contributed by atoms with Crippen molar-refractivity contribution in [2.24, 2.45) is 0 Å². The molecule has 0 atom stereocenters. The average molecular weight is 224 g/mol. The molecule has 4 heteroatoms. The van der Waals surface area contributed by atoms with Gasteiger partial charge in [-0.15, -0.1) is 11.8 Å². The van der Waals surface area contributed by atoms with Gasteiger partial charge in [0, 0.05) is 4.90 Å². The van der Waals surface area contributed by atoms with E-state index in [9.17, 15) is 0 Å². The van der Waals surface area contributed by atoms with Gasteiger partial charge in [-0.25, -0.2) is 0 Å². The Balaban J connectivity index is 0.000001000. The fourth-order valence-corrected chi connectivity index (χ4v) is 1.65. The summed E-state index contributed by atoms with van der Waals surface area (Å²) in [7, 11) is 0. The minimum absolute atomic E-state index is 0. The van der Waals surface area contributed by atoms with Crippen LogP contribution in [-0.2, 0) is 12.6 Å². The van der Waals surface area contributed by atoms with Crippen molar-refractivity contribution >= 4 is 40.1 Å². The van der Waals surface area contributed by atoms with E-state index >= 15 is 0 Å². The Labute approximate surface area is 124 Å². The van der Waals surface area contributed by atoms with Crippen LogP contribution in [0.15, 0.2) is 35.2 Å². The summed E-state index contributed by atoms with van der Waals surface area (Å²) in [5.41, 5.74) is 0. The molecule has 0 aliphatic heterocycles. The minimum Gasteiger partial charge on any atom is -0.422 e. The summed E-state index contributed by atoms with van der Waals surface area (Å²) in [6, 6.07) is 9.88. The van der Waals surface area contributed by atoms with Crippen molar-refractivity contribution in [1.82, 2.24) is 0 Å². The maximum absolute atomic E-state index is 4.76. The van der Waals surface area contributed by atoms with E-state index in [0.717, 1.165) is 4.90 Å². The summed E-state index contributed by atoms with van der Waals surface area (Å²) in [5.74, 6) is 0. The van der Waals surface area contributed by atoms with E-state index < -0.39 is 0 Å². The molecule has 11 heavy (non-hydrogen) atoms. The van der Waals surface area contributed by atoms with Crippen molar-refractivity contribution < 1.29 is 51.4 Å². The molecule has 0 aliphatic carbocycles. The quantitative estimate of drug-likeness (QED) is 0.276. The third-order valence-electron chi connectivity index (χ3n) is 0.944. The molecule has 0 amide bonds. The Morgan fingerprint density at radius 3 is 2.27 bits per heavy atom. The van der Waals surface area contributed by atoms with E-state index in [1.807, 2.05) is 30.3 Å². The van der Waals surface area contributed by atoms with Crippen molar-refractivity contribution in [1.29, 1.82) is 0 Å². The fourth-order valence-electron chi connectivity index (χ4n) is 0.585. The van der Waals surface area contributed by atoms with Gasteiger partial charge in [0.1, 0.15) is 0 Å². The smallest absolute Gasteiger partial charge is 0.422 e. The molecule has 0 aromatic heterocycles. The van der Waals surface area contributed by atoms with Crippen LogP contribution in [0.25, 0.3) is 0 Å². The molecule has 0 aliphatic rings. The largest absolute Gasteiger partial charge is 1.00 e. The van der Waals surface area contributed by atoms with Crippen LogP contribution in [0.1, 0.15) is 0 Å². The van der Waals surface area contributed by atoms with Crippen molar-refractivity contribution in [3.8, 4) is 0 Å². The van der Waals surface area contributed by atoms with Gasteiger partial charge in [0.2, 0.25) is 0 Å². The Morgan fingerprint density at radius 2 is 1.82 bits per heavy atom. The molecular weight excluding hydrogens is 219 g/mol.